The van der Waals surface area contributed by atoms with Gasteiger partial charge in [-0.25, -0.2) is 4.98 Å². The molecule has 0 unspecified atom stereocenters. The lowest BCUT2D eigenvalue weighted by Gasteiger charge is -2.39. The molecule has 4 nitrogen and oxygen atoms in total. The molecule has 0 bridgehead atoms. The van der Waals surface area contributed by atoms with Crippen molar-refractivity contribution in [3.8, 4) is 0 Å². The molecule has 1 aliphatic carbocycles. The molecule has 1 saturated heterocycles. The summed E-state index contributed by atoms with van der Waals surface area (Å²) in [5.74, 6) is 1.71. The van der Waals surface area contributed by atoms with E-state index in [1.807, 2.05) is 25.2 Å². The van der Waals surface area contributed by atoms with Crippen LogP contribution in [0.5, 0.6) is 0 Å². The summed E-state index contributed by atoms with van der Waals surface area (Å²) in [5.41, 5.74) is 1.19. The molecule has 2 aliphatic rings. The second-order valence-corrected chi connectivity index (χ2v) is 8.22. The standard InChI is InChI=1S/C18H29N3OS/c1-4-13-10-21(18(22)12(2)3)8-7-16(13)19-9-15-11-23-17(20-15)14-5-6-14/h11-14,16,19H,4-10H2,1-3H3/t13-,16-/m1/s1. The molecule has 1 aliphatic heterocycles. The van der Waals surface area contributed by atoms with Gasteiger partial charge in [0.25, 0.3) is 0 Å². The van der Waals surface area contributed by atoms with Gasteiger partial charge in [-0.15, -0.1) is 11.3 Å². The molecule has 2 heterocycles. The van der Waals surface area contributed by atoms with Crippen LogP contribution in [0, 0.1) is 11.8 Å². The molecule has 128 valence electrons. The number of nitrogens with one attached hydrogen (secondary N) is 1. The number of thiazole rings is 1. The summed E-state index contributed by atoms with van der Waals surface area (Å²) in [6.07, 6.45) is 4.81. The number of hydrogen-bond donors (Lipinski definition) is 1. The molecule has 3 rings (SSSR count). The Kier molecular flexibility index (Phi) is 5.37. The summed E-state index contributed by atoms with van der Waals surface area (Å²) in [7, 11) is 0. The van der Waals surface area contributed by atoms with Crippen molar-refractivity contribution in [3.05, 3.63) is 16.1 Å². The first-order valence-corrected chi connectivity index (χ1v) is 9.93. The molecule has 5 heteroatoms. The lowest BCUT2D eigenvalue weighted by Crippen LogP contribution is -2.51. The van der Waals surface area contributed by atoms with Gasteiger partial charge in [-0.3, -0.25) is 4.79 Å². The Morgan fingerprint density at radius 1 is 1.43 bits per heavy atom. The maximum absolute atomic E-state index is 12.2. The Bertz CT molecular complexity index is 538. The van der Waals surface area contributed by atoms with Crippen molar-refractivity contribution in [3.63, 3.8) is 0 Å². The Labute approximate surface area is 143 Å². The van der Waals surface area contributed by atoms with Crippen molar-refractivity contribution in [2.24, 2.45) is 11.8 Å². The smallest absolute Gasteiger partial charge is 0.225 e. The Balaban J connectivity index is 1.52. The van der Waals surface area contributed by atoms with Crippen LogP contribution >= 0.6 is 11.3 Å². The van der Waals surface area contributed by atoms with E-state index in [-0.39, 0.29) is 5.92 Å². The molecule has 1 aromatic rings. The highest BCUT2D eigenvalue weighted by molar-refractivity contribution is 7.09. The third-order valence-corrected chi connectivity index (χ3v) is 6.16. The van der Waals surface area contributed by atoms with E-state index in [9.17, 15) is 4.79 Å². The fourth-order valence-corrected chi connectivity index (χ4v) is 4.43. The van der Waals surface area contributed by atoms with Crippen molar-refractivity contribution >= 4 is 17.2 Å². The summed E-state index contributed by atoms with van der Waals surface area (Å²) >= 11 is 1.82. The van der Waals surface area contributed by atoms with Gasteiger partial charge in [-0.1, -0.05) is 27.2 Å². The van der Waals surface area contributed by atoms with E-state index in [2.05, 4.69) is 22.5 Å². The molecule has 1 N–H and O–H groups in total. The summed E-state index contributed by atoms with van der Waals surface area (Å²) in [6, 6.07) is 0.502. The van der Waals surface area contributed by atoms with E-state index < -0.39 is 0 Å². The molecular formula is C18H29N3OS. The SMILES string of the molecule is CC[C@@H]1CN(C(=O)C(C)C)CC[C@H]1NCc1csc(C2CC2)n1. The highest BCUT2D eigenvalue weighted by Gasteiger charge is 2.31. The van der Waals surface area contributed by atoms with E-state index in [4.69, 9.17) is 4.98 Å². The van der Waals surface area contributed by atoms with E-state index >= 15 is 0 Å². The van der Waals surface area contributed by atoms with Crippen molar-refractivity contribution in [1.82, 2.24) is 15.2 Å². The fraction of sp³-hybridized carbons (Fsp3) is 0.778. The predicted octanol–water partition coefficient (Wildman–Crippen LogP) is 3.39. The van der Waals surface area contributed by atoms with Gasteiger partial charge in [0.15, 0.2) is 0 Å². The minimum atomic E-state index is 0.105. The first-order valence-electron chi connectivity index (χ1n) is 9.05. The summed E-state index contributed by atoms with van der Waals surface area (Å²) < 4.78 is 0. The number of amides is 1. The van der Waals surface area contributed by atoms with Crippen LogP contribution in [-0.2, 0) is 11.3 Å². The van der Waals surface area contributed by atoms with Crippen LogP contribution < -0.4 is 5.32 Å². The van der Waals surface area contributed by atoms with Crippen molar-refractivity contribution < 1.29 is 4.79 Å². The van der Waals surface area contributed by atoms with Gasteiger partial charge in [0, 0.05) is 42.9 Å². The van der Waals surface area contributed by atoms with Crippen LogP contribution in [0.1, 0.15) is 63.1 Å². The van der Waals surface area contributed by atoms with Gasteiger partial charge in [0.1, 0.15) is 0 Å². The fourth-order valence-electron chi connectivity index (χ4n) is 3.44. The average molecular weight is 336 g/mol. The molecule has 0 spiro atoms. The van der Waals surface area contributed by atoms with Crippen LogP contribution in [0.15, 0.2) is 5.38 Å². The summed E-state index contributed by atoms with van der Waals surface area (Å²) in [5, 5.41) is 7.24. The van der Waals surface area contributed by atoms with Gasteiger partial charge < -0.3 is 10.2 Å². The van der Waals surface area contributed by atoms with Crippen molar-refractivity contribution in [2.45, 2.75) is 65.0 Å². The van der Waals surface area contributed by atoms with Crippen LogP contribution in [0.2, 0.25) is 0 Å². The quantitative estimate of drug-likeness (QED) is 0.867. The monoisotopic (exact) mass is 335 g/mol. The number of likely N-dealkylation sites (tertiary alicyclic amines) is 1. The molecule has 2 fully saturated rings. The predicted molar refractivity (Wildman–Crippen MR) is 94.5 cm³/mol. The van der Waals surface area contributed by atoms with Crippen molar-refractivity contribution in [2.75, 3.05) is 13.1 Å². The maximum Gasteiger partial charge on any atom is 0.225 e. The highest BCUT2D eigenvalue weighted by Crippen LogP contribution is 2.41. The number of piperidine rings is 1. The van der Waals surface area contributed by atoms with Crippen LogP contribution in [0.25, 0.3) is 0 Å². The van der Waals surface area contributed by atoms with Gasteiger partial charge >= 0.3 is 0 Å². The van der Waals surface area contributed by atoms with Gasteiger partial charge in [-0.05, 0) is 25.2 Å². The average Bonchev–Trinajstić information content (AvgIpc) is 3.30. The lowest BCUT2D eigenvalue weighted by molar-refractivity contribution is -0.136. The molecule has 1 aromatic heterocycles. The third kappa shape index (κ3) is 4.13. The second-order valence-electron chi connectivity index (χ2n) is 7.33. The van der Waals surface area contributed by atoms with E-state index in [0.717, 1.165) is 38.4 Å². The number of aromatic nitrogens is 1. The zero-order valence-corrected chi connectivity index (χ0v) is 15.4. The van der Waals surface area contributed by atoms with E-state index in [1.165, 1.54) is 23.5 Å². The van der Waals surface area contributed by atoms with Crippen molar-refractivity contribution in [1.29, 1.82) is 0 Å². The number of hydrogen-bond acceptors (Lipinski definition) is 4. The highest BCUT2D eigenvalue weighted by atomic mass is 32.1. The van der Waals surface area contributed by atoms with Crippen LogP contribution in [0.3, 0.4) is 0 Å². The van der Waals surface area contributed by atoms with Gasteiger partial charge in [0.2, 0.25) is 5.91 Å². The number of nitrogens with zero attached hydrogens (tertiary/aromatic N) is 2. The Hall–Kier alpha value is -0.940. The molecule has 1 saturated carbocycles. The first-order chi connectivity index (χ1) is 11.1. The largest absolute Gasteiger partial charge is 0.342 e. The van der Waals surface area contributed by atoms with E-state index in [0.29, 0.717) is 17.9 Å². The Morgan fingerprint density at radius 3 is 2.87 bits per heavy atom. The lowest BCUT2D eigenvalue weighted by atomic mass is 9.89. The minimum absolute atomic E-state index is 0.105. The molecule has 1 amide bonds. The van der Waals surface area contributed by atoms with Crippen LogP contribution in [-0.4, -0.2) is 34.9 Å². The molecule has 0 radical (unpaired) electrons. The van der Waals surface area contributed by atoms with Gasteiger partial charge in [-0.2, -0.15) is 0 Å². The van der Waals surface area contributed by atoms with Gasteiger partial charge in [0.05, 0.1) is 10.7 Å². The van der Waals surface area contributed by atoms with E-state index in [1.54, 1.807) is 0 Å². The number of carbonyl (C=O) groups is 1. The number of rotatable bonds is 6. The molecular weight excluding hydrogens is 306 g/mol. The first kappa shape index (κ1) is 16.9. The molecule has 0 aromatic carbocycles. The third-order valence-electron chi connectivity index (χ3n) is 5.11. The second kappa shape index (κ2) is 7.31. The minimum Gasteiger partial charge on any atom is -0.342 e. The zero-order chi connectivity index (χ0) is 16.4. The number of carbonyl (C=O) groups excluding carboxylic acids is 1. The molecule has 23 heavy (non-hydrogen) atoms. The normalized spacial score (nSPS) is 25.1. The maximum atomic E-state index is 12.2. The molecule has 2 atom stereocenters. The topological polar surface area (TPSA) is 45.2 Å². The summed E-state index contributed by atoms with van der Waals surface area (Å²) in [4.78, 5) is 19.0. The van der Waals surface area contributed by atoms with Crippen LogP contribution in [0.4, 0.5) is 0 Å². The summed E-state index contributed by atoms with van der Waals surface area (Å²) in [6.45, 7) is 8.87. The Morgan fingerprint density at radius 2 is 2.22 bits per heavy atom. The zero-order valence-electron chi connectivity index (χ0n) is 14.5.